The number of piperidine rings is 1. The Morgan fingerprint density at radius 2 is 1.23 bits per heavy atom. The molecule has 107 heavy (non-hydrogen) atoms. The lowest BCUT2D eigenvalue weighted by molar-refractivity contribution is -0.153. The number of nitrogens with one attached hydrogen (secondary N) is 3. The van der Waals surface area contributed by atoms with Crippen LogP contribution in [0.15, 0.2) is 42.5 Å². The normalized spacial score (nSPS) is 24.9. The molecule has 0 spiro atoms. The first-order chi connectivity index (χ1) is 50.4. The van der Waals surface area contributed by atoms with Crippen LogP contribution in [-0.4, -0.2) is 259 Å². The number of fused-ring (bicyclic) bond motifs is 1. The topological polar surface area (TPSA) is 279 Å². The van der Waals surface area contributed by atoms with Crippen molar-refractivity contribution < 1.29 is 79.8 Å². The van der Waals surface area contributed by atoms with Gasteiger partial charge in [0.2, 0.25) is 70.9 Å². The molecule has 9 atom stereocenters. The number of carbonyl (C=O) groups excluding carboxylic acids is 12. The Hall–Kier alpha value is -8.24. The molecule has 3 N–H and O–H groups in total. The maximum atomic E-state index is 15.3. The molecule has 3 heterocycles. The summed E-state index contributed by atoms with van der Waals surface area (Å²) in [7, 11) is 9.87. The zero-order valence-corrected chi connectivity index (χ0v) is 65.4. The van der Waals surface area contributed by atoms with Gasteiger partial charge in [-0.1, -0.05) is 110 Å². The van der Waals surface area contributed by atoms with Gasteiger partial charge in [-0.05, 0) is 124 Å². The van der Waals surface area contributed by atoms with E-state index in [9.17, 15) is 61.1 Å². The summed E-state index contributed by atoms with van der Waals surface area (Å²) in [5.41, 5.74) is 0.305. The third-order valence-electron chi connectivity index (χ3n) is 21.7. The monoisotopic (exact) mass is 1510 g/mol. The molecule has 6 rings (SSSR count). The van der Waals surface area contributed by atoms with Crippen LogP contribution < -0.4 is 16.0 Å². The molecule has 29 heteroatoms. The van der Waals surface area contributed by atoms with Crippen molar-refractivity contribution in [2.24, 2.45) is 23.7 Å². The second-order valence-electron chi connectivity index (χ2n) is 30.9. The van der Waals surface area contributed by atoms with Crippen molar-refractivity contribution in [3.63, 3.8) is 0 Å². The van der Waals surface area contributed by atoms with Crippen LogP contribution in [0.25, 0.3) is 0 Å². The van der Waals surface area contributed by atoms with Gasteiger partial charge in [0.05, 0.1) is 44.3 Å². The Balaban J connectivity index is 1.38. The molecule has 1 saturated carbocycles. The summed E-state index contributed by atoms with van der Waals surface area (Å²) in [6.45, 7) is 11.9. The number of carbonyl (C=O) groups is 12. The van der Waals surface area contributed by atoms with Crippen molar-refractivity contribution >= 4 is 70.9 Å². The number of hydrogen-bond donors (Lipinski definition) is 3. The molecule has 0 aromatic heterocycles. The van der Waals surface area contributed by atoms with E-state index in [-0.39, 0.29) is 101 Å². The van der Waals surface area contributed by atoms with Gasteiger partial charge in [0.1, 0.15) is 48.1 Å². The van der Waals surface area contributed by atoms with Crippen LogP contribution in [0.1, 0.15) is 179 Å². The van der Waals surface area contributed by atoms with Gasteiger partial charge in [-0.15, -0.1) is 0 Å². The fraction of sp³-hybridized carbons (Fsp3) is 0.692. The quantitative estimate of drug-likeness (QED) is 0.156. The van der Waals surface area contributed by atoms with Crippen molar-refractivity contribution in [2.75, 3.05) is 95.1 Å². The highest BCUT2D eigenvalue weighted by Gasteiger charge is 2.45. The summed E-state index contributed by atoms with van der Waals surface area (Å²) in [6, 6.07) is 1.02. The van der Waals surface area contributed by atoms with E-state index in [0.29, 0.717) is 44.5 Å². The summed E-state index contributed by atoms with van der Waals surface area (Å²) in [4.78, 5) is 188. The Kier molecular flexibility index (Phi) is 33.4. The summed E-state index contributed by atoms with van der Waals surface area (Å²) < 4.78 is 62.8. The molecular formula is C78H118F4N12O13. The number of likely N-dealkylation sites (N-methyl/N-ethyl adjacent to an activating group) is 7. The van der Waals surface area contributed by atoms with E-state index < -0.39 is 169 Å². The number of benzene rings is 2. The van der Waals surface area contributed by atoms with Crippen LogP contribution in [0.2, 0.25) is 0 Å². The van der Waals surface area contributed by atoms with Crippen molar-refractivity contribution in [1.82, 2.24) is 60.0 Å². The fourth-order valence-electron chi connectivity index (χ4n) is 14.6. The summed E-state index contributed by atoms with van der Waals surface area (Å²) in [5.74, 6) is -10.1. The lowest BCUT2D eigenvalue weighted by atomic mass is 9.84. The summed E-state index contributed by atoms with van der Waals surface area (Å²) in [6.07, 6.45) is 0.848. The lowest BCUT2D eigenvalue weighted by Crippen LogP contribution is -2.59. The van der Waals surface area contributed by atoms with E-state index in [1.807, 2.05) is 65.8 Å². The van der Waals surface area contributed by atoms with Crippen molar-refractivity contribution in [2.45, 2.75) is 232 Å². The van der Waals surface area contributed by atoms with Crippen molar-refractivity contribution in [1.29, 1.82) is 0 Å². The lowest BCUT2D eigenvalue weighted by Gasteiger charge is -2.38. The summed E-state index contributed by atoms with van der Waals surface area (Å²) in [5, 5.41) is 8.51. The molecule has 596 valence electrons. The highest BCUT2D eigenvalue weighted by molar-refractivity contribution is 5.98. The largest absolute Gasteiger partial charge is 0.419 e. The molecule has 3 aliphatic heterocycles. The van der Waals surface area contributed by atoms with Gasteiger partial charge in [0, 0.05) is 88.4 Å². The number of alkyl halides is 3. The minimum absolute atomic E-state index is 0.00785. The zero-order valence-electron chi connectivity index (χ0n) is 65.4. The average molecular weight is 1510 g/mol. The molecule has 0 unspecified atom stereocenters. The Morgan fingerprint density at radius 1 is 0.626 bits per heavy atom. The number of ether oxygens (including phenoxy) is 1. The van der Waals surface area contributed by atoms with Crippen LogP contribution in [0, 0.1) is 36.4 Å². The SMILES string of the molecule is CC[C@H](C)[C@@H]1NC(=O)[C@H](CC(C)C)N(C)C(=O)C[C@@H](C(=O)N2CCCCC2)N(C)C(=O)[C@H](CC(C)C)N(C)C(=O)CCCCNC(=O)[C@@H]2C[C@@H](OCc3ccccc3C)CN2C(=O)[C@H](CCc2ccc(C(F)(F)F)c(F)c2)NC(=O)CN(C)C(=O)[C@H](CC2CCCCC2)N(C)C(=O)CN(C)C(=O)CN(C)C1=O. The number of likely N-dealkylation sites (tertiary alicyclic amines) is 1. The van der Waals surface area contributed by atoms with E-state index in [4.69, 9.17) is 4.74 Å². The van der Waals surface area contributed by atoms with E-state index >= 15 is 14.0 Å². The molecule has 3 saturated heterocycles. The van der Waals surface area contributed by atoms with Crippen LogP contribution in [-0.2, 0) is 81.5 Å². The van der Waals surface area contributed by atoms with E-state index in [2.05, 4.69) is 16.0 Å². The minimum atomic E-state index is -5.01. The maximum absolute atomic E-state index is 15.3. The van der Waals surface area contributed by atoms with Gasteiger partial charge < -0.3 is 64.8 Å². The zero-order chi connectivity index (χ0) is 79.3. The van der Waals surface area contributed by atoms with Crippen LogP contribution >= 0.6 is 0 Å². The van der Waals surface area contributed by atoms with Gasteiger partial charge in [-0.25, -0.2) is 4.39 Å². The molecule has 4 aliphatic rings. The molecule has 0 radical (unpaired) electrons. The van der Waals surface area contributed by atoms with Crippen molar-refractivity contribution in [3.8, 4) is 0 Å². The van der Waals surface area contributed by atoms with Gasteiger partial charge in [-0.2, -0.15) is 13.2 Å². The van der Waals surface area contributed by atoms with Crippen LogP contribution in [0.5, 0.6) is 0 Å². The first kappa shape index (κ1) is 87.7. The number of rotatable bonds is 15. The molecular weight excluding hydrogens is 1390 g/mol. The second kappa shape index (κ2) is 40.8. The molecule has 0 bridgehead atoms. The first-order valence-electron chi connectivity index (χ1n) is 38.2. The number of halogens is 4. The van der Waals surface area contributed by atoms with Crippen LogP contribution in [0.3, 0.4) is 0 Å². The van der Waals surface area contributed by atoms with E-state index in [0.717, 1.165) is 70.4 Å². The predicted octanol–water partition coefficient (Wildman–Crippen LogP) is 6.74. The third kappa shape index (κ3) is 24.9. The molecule has 25 nitrogen and oxygen atoms in total. The standard InChI is InChI=1S/C78H118F4N12O13/c1-15-51(6)70-77(106)88(10)46-68(98)86(8)47-69(99)91(13)63(41-53-27-18-16-19-28-53)74(103)87(9)45-65(95)84-59(34-32-54-31-33-57(58(79)40-54)78(80,81)82)73(102)94-44-56(107-48-55-29-21-20-26-52(55)7)42-61(94)71(100)83-35-23-22-30-66(96)90(12)62(39-50(4)5)75(104)92(14)64(76(105)93-36-24-17-25-37-93)43-67(97)89(11)60(38-49(2)3)72(101)85-70/h20-21,26,29,31,33,40,49-51,53,56,59-64,70H,15-19,22-25,27-28,30,32,34-39,41-48H2,1-14H3,(H,83,100)(H,84,95)(H,85,101)/t51-,56+,59-,60-,61-,62-,63-,64-,70-/m0/s1. The predicted molar refractivity (Wildman–Crippen MR) is 394 cm³/mol. The highest BCUT2D eigenvalue weighted by atomic mass is 19.4. The number of amides is 12. The molecule has 2 aromatic carbocycles. The molecule has 1 aliphatic carbocycles. The maximum Gasteiger partial charge on any atom is 0.419 e. The van der Waals surface area contributed by atoms with Crippen LogP contribution in [0.4, 0.5) is 17.6 Å². The Labute approximate surface area is 629 Å². The smallest absolute Gasteiger partial charge is 0.372 e. The Morgan fingerprint density at radius 3 is 1.86 bits per heavy atom. The fourth-order valence-corrected chi connectivity index (χ4v) is 14.6. The molecule has 4 fully saturated rings. The minimum Gasteiger partial charge on any atom is -0.372 e. The van der Waals surface area contributed by atoms with Crippen molar-refractivity contribution in [3.05, 3.63) is 70.5 Å². The van der Waals surface area contributed by atoms with Gasteiger partial charge >= 0.3 is 6.18 Å². The summed E-state index contributed by atoms with van der Waals surface area (Å²) >= 11 is 0. The highest BCUT2D eigenvalue weighted by Crippen LogP contribution is 2.34. The van der Waals surface area contributed by atoms with Gasteiger partial charge in [0.15, 0.2) is 0 Å². The second-order valence-corrected chi connectivity index (χ2v) is 30.9. The Bertz CT molecular complexity index is 3420. The third-order valence-corrected chi connectivity index (χ3v) is 21.7. The van der Waals surface area contributed by atoms with E-state index in [1.165, 1.54) is 73.8 Å². The van der Waals surface area contributed by atoms with Gasteiger partial charge in [-0.3, -0.25) is 57.5 Å². The molecule has 2 aromatic rings. The van der Waals surface area contributed by atoms with Gasteiger partial charge in [0.25, 0.3) is 0 Å². The number of hydrogen-bond acceptors (Lipinski definition) is 13. The molecule has 12 amide bonds. The number of aryl methyl sites for hydroxylation is 2. The van der Waals surface area contributed by atoms with E-state index in [1.54, 1.807) is 11.8 Å². The number of nitrogens with zero attached hydrogens (tertiary/aromatic N) is 9. The first-order valence-corrected chi connectivity index (χ1v) is 38.2. The average Bonchev–Trinajstić information content (AvgIpc) is 1.79.